The summed E-state index contributed by atoms with van der Waals surface area (Å²) < 4.78 is 0. The molecule has 0 aromatic heterocycles. The highest BCUT2D eigenvalue weighted by atomic mass is 16.1. The minimum absolute atomic E-state index is 0.402. The molecule has 0 bridgehead atoms. The lowest BCUT2D eigenvalue weighted by molar-refractivity contribution is -0.116. The second-order valence-electron chi connectivity index (χ2n) is 5.11. The molecule has 0 N–H and O–H groups in total. The van der Waals surface area contributed by atoms with Gasteiger partial charge in [-0.05, 0) is 37.7 Å². The average Bonchev–Trinajstić information content (AvgIpc) is 2.99. The Bertz CT molecular complexity index is 242. The van der Waals surface area contributed by atoms with Crippen LogP contribution in [0.3, 0.4) is 0 Å². The molecule has 0 unspecified atom stereocenters. The molecule has 0 amide bonds. The summed E-state index contributed by atoms with van der Waals surface area (Å²) in [5.41, 5.74) is 0. The standard InChI is InChI=1S/C14H22O/c15-14-10-8-6-4-2-1-3-5-7-9-12-11-13(12)14/h8,10,12-13H,1-7,9,11H2/b10-8-/t12-,13+/m1/s1. The maximum absolute atomic E-state index is 11.7. The number of fused-ring (bicyclic) bond motifs is 1. The Balaban J connectivity index is 1.82. The van der Waals surface area contributed by atoms with Gasteiger partial charge >= 0.3 is 0 Å². The van der Waals surface area contributed by atoms with Crippen LogP contribution in [-0.4, -0.2) is 5.78 Å². The Morgan fingerprint density at radius 3 is 2.60 bits per heavy atom. The van der Waals surface area contributed by atoms with E-state index in [4.69, 9.17) is 0 Å². The van der Waals surface area contributed by atoms with E-state index in [0.717, 1.165) is 12.3 Å². The first-order valence-corrected chi connectivity index (χ1v) is 6.58. The lowest BCUT2D eigenvalue weighted by atomic mass is 10.1. The van der Waals surface area contributed by atoms with Crippen LogP contribution in [0.5, 0.6) is 0 Å². The van der Waals surface area contributed by atoms with Crippen molar-refractivity contribution in [3.8, 4) is 0 Å². The molecule has 2 aliphatic rings. The first kappa shape index (κ1) is 10.9. The van der Waals surface area contributed by atoms with Crippen molar-refractivity contribution in [2.24, 2.45) is 11.8 Å². The van der Waals surface area contributed by atoms with Crippen molar-refractivity contribution in [2.45, 2.75) is 57.8 Å². The molecule has 0 aliphatic heterocycles. The third-order valence-electron chi connectivity index (χ3n) is 3.77. The molecule has 1 heteroatoms. The number of hydrogen-bond acceptors (Lipinski definition) is 1. The highest BCUT2D eigenvalue weighted by molar-refractivity contribution is 5.93. The quantitative estimate of drug-likeness (QED) is 0.588. The topological polar surface area (TPSA) is 17.1 Å². The maximum Gasteiger partial charge on any atom is 0.158 e. The zero-order valence-electron chi connectivity index (χ0n) is 9.58. The molecule has 1 fully saturated rings. The second-order valence-corrected chi connectivity index (χ2v) is 5.11. The predicted molar refractivity (Wildman–Crippen MR) is 62.7 cm³/mol. The van der Waals surface area contributed by atoms with Crippen molar-refractivity contribution >= 4 is 5.78 Å². The summed E-state index contributed by atoms with van der Waals surface area (Å²) >= 11 is 0. The fourth-order valence-electron chi connectivity index (χ4n) is 2.61. The van der Waals surface area contributed by atoms with Crippen LogP contribution in [0.25, 0.3) is 0 Å². The van der Waals surface area contributed by atoms with Gasteiger partial charge in [-0.25, -0.2) is 0 Å². The molecular weight excluding hydrogens is 184 g/mol. The van der Waals surface area contributed by atoms with E-state index in [9.17, 15) is 4.79 Å². The minimum atomic E-state index is 0.402. The summed E-state index contributed by atoms with van der Waals surface area (Å²) in [6, 6.07) is 0. The molecule has 0 aromatic rings. The van der Waals surface area contributed by atoms with Gasteiger partial charge in [-0.15, -0.1) is 0 Å². The number of carbonyl (C=O) groups is 1. The van der Waals surface area contributed by atoms with Gasteiger partial charge in [-0.3, -0.25) is 4.79 Å². The van der Waals surface area contributed by atoms with Crippen LogP contribution >= 0.6 is 0 Å². The fourth-order valence-corrected chi connectivity index (χ4v) is 2.61. The average molecular weight is 206 g/mol. The van der Waals surface area contributed by atoms with Crippen LogP contribution in [0, 0.1) is 11.8 Å². The van der Waals surface area contributed by atoms with E-state index in [-0.39, 0.29) is 0 Å². The van der Waals surface area contributed by atoms with Crippen LogP contribution < -0.4 is 0 Å². The third-order valence-corrected chi connectivity index (χ3v) is 3.77. The van der Waals surface area contributed by atoms with Gasteiger partial charge in [0.15, 0.2) is 5.78 Å². The number of hydrogen-bond donors (Lipinski definition) is 0. The molecule has 0 radical (unpaired) electrons. The molecule has 2 rings (SSSR count). The molecule has 2 aliphatic carbocycles. The molecular formula is C14H22O. The van der Waals surface area contributed by atoms with Gasteiger partial charge in [0.1, 0.15) is 0 Å². The highest BCUT2D eigenvalue weighted by Crippen LogP contribution is 2.43. The van der Waals surface area contributed by atoms with Crippen molar-refractivity contribution in [3.05, 3.63) is 12.2 Å². The molecule has 0 spiro atoms. The first-order valence-electron chi connectivity index (χ1n) is 6.58. The van der Waals surface area contributed by atoms with Gasteiger partial charge in [0.05, 0.1) is 0 Å². The zero-order valence-corrected chi connectivity index (χ0v) is 9.58. The summed E-state index contributed by atoms with van der Waals surface area (Å²) in [5.74, 6) is 1.55. The van der Waals surface area contributed by atoms with Crippen molar-refractivity contribution < 1.29 is 4.79 Å². The maximum atomic E-state index is 11.7. The Morgan fingerprint density at radius 2 is 1.73 bits per heavy atom. The fraction of sp³-hybridized carbons (Fsp3) is 0.786. The Labute approximate surface area is 92.9 Å². The third kappa shape index (κ3) is 3.48. The van der Waals surface area contributed by atoms with E-state index in [1.807, 2.05) is 6.08 Å². The predicted octanol–water partition coefficient (Wildman–Crippen LogP) is 3.88. The summed E-state index contributed by atoms with van der Waals surface area (Å²) in [6.45, 7) is 0. The van der Waals surface area contributed by atoms with Gasteiger partial charge in [-0.2, -0.15) is 0 Å². The molecule has 2 atom stereocenters. The highest BCUT2D eigenvalue weighted by Gasteiger charge is 2.40. The van der Waals surface area contributed by atoms with Gasteiger partial charge in [0.25, 0.3) is 0 Å². The van der Waals surface area contributed by atoms with Gasteiger partial charge in [-0.1, -0.05) is 38.2 Å². The molecule has 1 saturated carbocycles. The molecule has 1 nitrogen and oxygen atoms in total. The lowest BCUT2D eigenvalue weighted by Gasteiger charge is -2.00. The summed E-state index contributed by atoms with van der Waals surface area (Å²) in [7, 11) is 0. The van der Waals surface area contributed by atoms with Crippen molar-refractivity contribution in [2.75, 3.05) is 0 Å². The summed E-state index contributed by atoms with van der Waals surface area (Å²) in [6.07, 6.45) is 15.6. The van der Waals surface area contributed by atoms with Crippen molar-refractivity contribution in [1.29, 1.82) is 0 Å². The van der Waals surface area contributed by atoms with Crippen LogP contribution in [0.2, 0.25) is 0 Å². The monoisotopic (exact) mass is 206 g/mol. The van der Waals surface area contributed by atoms with Crippen molar-refractivity contribution in [3.63, 3.8) is 0 Å². The summed E-state index contributed by atoms with van der Waals surface area (Å²) in [4.78, 5) is 11.7. The largest absolute Gasteiger partial charge is 0.295 e. The van der Waals surface area contributed by atoms with Gasteiger partial charge < -0.3 is 0 Å². The van der Waals surface area contributed by atoms with Crippen LogP contribution in [-0.2, 0) is 4.79 Å². The molecule has 84 valence electrons. The Kier molecular flexibility index (Phi) is 3.99. The SMILES string of the molecule is O=C1/C=C\CCCCCCCC[C@@H]2C[C@H]12. The minimum Gasteiger partial charge on any atom is -0.295 e. The molecule has 0 saturated heterocycles. The summed E-state index contributed by atoms with van der Waals surface area (Å²) in [5, 5.41) is 0. The zero-order chi connectivity index (χ0) is 10.5. The van der Waals surface area contributed by atoms with Crippen LogP contribution in [0.15, 0.2) is 12.2 Å². The van der Waals surface area contributed by atoms with E-state index in [2.05, 4.69) is 6.08 Å². The Morgan fingerprint density at radius 1 is 1.00 bits per heavy atom. The van der Waals surface area contributed by atoms with E-state index in [1.54, 1.807) is 0 Å². The van der Waals surface area contributed by atoms with Gasteiger partial charge in [0.2, 0.25) is 0 Å². The van der Waals surface area contributed by atoms with E-state index < -0.39 is 0 Å². The lowest BCUT2D eigenvalue weighted by Crippen LogP contribution is -1.97. The smallest absolute Gasteiger partial charge is 0.158 e. The van der Waals surface area contributed by atoms with Crippen molar-refractivity contribution in [1.82, 2.24) is 0 Å². The number of carbonyl (C=O) groups excluding carboxylic acids is 1. The first-order chi connectivity index (χ1) is 7.38. The van der Waals surface area contributed by atoms with E-state index >= 15 is 0 Å². The normalized spacial score (nSPS) is 35.6. The molecule has 0 heterocycles. The Hall–Kier alpha value is -0.590. The van der Waals surface area contributed by atoms with Gasteiger partial charge in [0, 0.05) is 5.92 Å². The number of ketones is 1. The number of allylic oxidation sites excluding steroid dienone is 2. The molecule has 0 aromatic carbocycles. The molecule has 15 heavy (non-hydrogen) atoms. The second kappa shape index (κ2) is 5.48. The van der Waals surface area contributed by atoms with E-state index in [1.165, 1.54) is 51.4 Å². The number of rotatable bonds is 0. The van der Waals surface area contributed by atoms with Crippen LogP contribution in [0.1, 0.15) is 57.8 Å². The van der Waals surface area contributed by atoms with E-state index in [0.29, 0.717) is 11.7 Å². The van der Waals surface area contributed by atoms with Crippen LogP contribution in [0.4, 0.5) is 0 Å².